The molecule has 0 saturated carbocycles. The Morgan fingerprint density at radius 2 is 0.477 bits per heavy atom. The molecule has 0 fully saturated rings. The highest BCUT2D eigenvalue weighted by Gasteiger charge is 2.18. The predicted molar refractivity (Wildman–Crippen MR) is 357 cm³/mol. The van der Waals surface area contributed by atoms with Crippen LogP contribution >= 0.6 is 15.9 Å². The molecular formula is C78H50BrN7. The van der Waals surface area contributed by atoms with Gasteiger partial charge in [0, 0.05) is 54.3 Å². The molecule has 86 heavy (non-hydrogen) atoms. The van der Waals surface area contributed by atoms with Gasteiger partial charge >= 0.3 is 0 Å². The maximum atomic E-state index is 5.19. The van der Waals surface area contributed by atoms with E-state index < -0.39 is 0 Å². The lowest BCUT2D eigenvalue weighted by Gasteiger charge is -2.16. The first-order valence-corrected chi connectivity index (χ1v) is 29.4. The van der Waals surface area contributed by atoms with Crippen LogP contribution < -0.4 is 0 Å². The zero-order valence-electron chi connectivity index (χ0n) is 46.4. The van der Waals surface area contributed by atoms with E-state index in [4.69, 9.17) is 29.9 Å². The molecule has 3 heterocycles. The summed E-state index contributed by atoms with van der Waals surface area (Å²) >= 11 is 3.63. The Balaban J connectivity index is 0.890. The quantitative estimate of drug-likeness (QED) is 0.136. The molecule has 0 bridgehead atoms. The van der Waals surface area contributed by atoms with Gasteiger partial charge in [-0.25, -0.2) is 29.9 Å². The molecule has 0 aliphatic rings. The molecule has 3 aromatic heterocycles. The highest BCUT2D eigenvalue weighted by atomic mass is 79.9. The fraction of sp³-hybridized carbons (Fsp3) is 0. The van der Waals surface area contributed by atoms with Crippen molar-refractivity contribution < 1.29 is 0 Å². The second-order valence-electron chi connectivity index (χ2n) is 21.2. The molecule has 0 aliphatic carbocycles. The van der Waals surface area contributed by atoms with Crippen molar-refractivity contribution >= 4 is 59.3 Å². The van der Waals surface area contributed by atoms with Crippen LogP contribution in [0.15, 0.2) is 308 Å². The lowest BCUT2D eigenvalue weighted by molar-refractivity contribution is 1.07. The van der Waals surface area contributed by atoms with Gasteiger partial charge in [0.05, 0.1) is 11.0 Å². The van der Waals surface area contributed by atoms with Crippen molar-refractivity contribution in [3.05, 3.63) is 308 Å². The van der Waals surface area contributed by atoms with Gasteiger partial charge in [0.15, 0.2) is 34.9 Å². The summed E-state index contributed by atoms with van der Waals surface area (Å²) < 4.78 is 3.39. The van der Waals surface area contributed by atoms with E-state index in [1.54, 1.807) is 0 Å². The van der Waals surface area contributed by atoms with E-state index >= 15 is 0 Å². The molecule has 8 heteroatoms. The topological polar surface area (TPSA) is 82.3 Å². The van der Waals surface area contributed by atoms with Crippen LogP contribution in [-0.4, -0.2) is 34.5 Å². The summed E-state index contributed by atoms with van der Waals surface area (Å²) in [6, 6.07) is 107. The van der Waals surface area contributed by atoms with Crippen LogP contribution in [0, 0.1) is 0 Å². The Bertz CT molecular complexity index is 5030. The highest BCUT2D eigenvalue weighted by molar-refractivity contribution is 9.10. The highest BCUT2D eigenvalue weighted by Crippen LogP contribution is 2.39. The number of halogens is 1. The second kappa shape index (κ2) is 22.6. The van der Waals surface area contributed by atoms with E-state index in [1.807, 2.05) is 115 Å². The summed E-state index contributed by atoms with van der Waals surface area (Å²) in [7, 11) is 0. The van der Waals surface area contributed by atoms with Gasteiger partial charge in [0.2, 0.25) is 0 Å². The maximum Gasteiger partial charge on any atom is 0.164 e. The molecular weight excluding hydrogens is 1110 g/mol. The molecule has 15 rings (SSSR count). The maximum absolute atomic E-state index is 5.19. The third-order valence-electron chi connectivity index (χ3n) is 15.8. The van der Waals surface area contributed by atoms with Crippen molar-refractivity contribution in [1.29, 1.82) is 0 Å². The Morgan fingerprint density at radius 1 is 0.198 bits per heavy atom. The van der Waals surface area contributed by atoms with Crippen LogP contribution in [0.3, 0.4) is 0 Å². The lowest BCUT2D eigenvalue weighted by Crippen LogP contribution is -2.02. The molecule has 12 aromatic carbocycles. The molecule has 404 valence electrons. The van der Waals surface area contributed by atoms with Gasteiger partial charge in [-0.05, 0) is 103 Å². The molecule has 0 radical (unpaired) electrons. The second-order valence-corrected chi connectivity index (χ2v) is 22.1. The standard InChI is InChI=1S/C78H50BrN7/c79-63-29-17-27-61(47-63)77-82-75(57-25-11-4-12-26-57)81-76(85-77)58-41-39-53(40-42-58)52-35-37-54(38-36-52)60-44-46-72-70(50-60)68-34-16-14-32-66(68)65-31-13-15-33-67(65)69-49-59(51-19-5-1-6-20-51)43-45-71(69)86(72)64-30-18-28-62(48-64)78-83-73(55-21-7-2-8-22-55)80-74(84-78)56-23-9-3-10-24-56/h1-50H. The number of fused-ring (bicyclic) bond motifs is 7. The molecule has 0 unspecified atom stereocenters. The first-order valence-electron chi connectivity index (χ1n) is 28.6. The molecule has 0 N–H and O–H groups in total. The third-order valence-corrected chi connectivity index (χ3v) is 16.3. The molecule has 0 aliphatic heterocycles. The van der Waals surface area contributed by atoms with E-state index in [1.165, 1.54) is 0 Å². The van der Waals surface area contributed by atoms with E-state index in [-0.39, 0.29) is 0 Å². The monoisotopic (exact) mass is 1160 g/mol. The predicted octanol–water partition coefficient (Wildman–Crippen LogP) is 20.4. The summed E-state index contributed by atoms with van der Waals surface area (Å²) in [5.74, 6) is 3.65. The van der Waals surface area contributed by atoms with Crippen molar-refractivity contribution in [2.24, 2.45) is 0 Å². The van der Waals surface area contributed by atoms with Gasteiger partial charge in [0.25, 0.3) is 0 Å². The van der Waals surface area contributed by atoms with E-state index in [9.17, 15) is 0 Å². The zero-order chi connectivity index (χ0) is 57.3. The van der Waals surface area contributed by atoms with E-state index in [0.717, 1.165) is 120 Å². The minimum Gasteiger partial charge on any atom is -0.309 e. The van der Waals surface area contributed by atoms with Crippen LogP contribution in [0.2, 0.25) is 0 Å². The Morgan fingerprint density at radius 3 is 0.884 bits per heavy atom. The van der Waals surface area contributed by atoms with Crippen LogP contribution in [-0.2, 0) is 0 Å². The van der Waals surface area contributed by atoms with Gasteiger partial charge in [0.1, 0.15) is 0 Å². The van der Waals surface area contributed by atoms with Crippen molar-refractivity contribution in [3.63, 3.8) is 0 Å². The third kappa shape index (κ3) is 10.1. The number of nitrogens with zero attached hydrogens (tertiary/aromatic N) is 7. The van der Waals surface area contributed by atoms with Gasteiger partial charge in [-0.1, -0.05) is 271 Å². The zero-order valence-corrected chi connectivity index (χ0v) is 48.0. The average molecular weight is 1170 g/mol. The van der Waals surface area contributed by atoms with Crippen LogP contribution in [0.5, 0.6) is 0 Å². The normalized spacial score (nSPS) is 11.3. The molecule has 0 spiro atoms. The minimum absolute atomic E-state index is 0.584. The van der Waals surface area contributed by atoms with Gasteiger partial charge in [-0.15, -0.1) is 0 Å². The lowest BCUT2D eigenvalue weighted by atomic mass is 9.97. The number of rotatable bonds is 10. The smallest absolute Gasteiger partial charge is 0.164 e. The van der Waals surface area contributed by atoms with Crippen molar-refractivity contribution in [3.8, 4) is 107 Å². The summed E-state index contributed by atoms with van der Waals surface area (Å²) in [6.07, 6.45) is 0. The number of hydrogen-bond donors (Lipinski definition) is 0. The number of hydrogen-bond acceptors (Lipinski definition) is 6. The van der Waals surface area contributed by atoms with E-state index in [2.05, 4.69) is 209 Å². The van der Waals surface area contributed by atoms with E-state index in [0.29, 0.717) is 34.9 Å². The SMILES string of the molecule is Brc1cccc(-c2nc(-c3ccccc3)nc(-c3ccc(-c4ccc(-c5ccc6c(c5)c5ccccc5c5ccccc5c5cc(-c7ccccc7)ccc5n6-c5cccc(-c6nc(-c7ccccc7)nc(-c7ccccc7)n6)c5)cc4)cc3)n2)c1. The summed E-state index contributed by atoms with van der Waals surface area (Å²) in [5.41, 5.74) is 15.1. The first kappa shape index (κ1) is 51.8. The molecule has 0 amide bonds. The summed E-state index contributed by atoms with van der Waals surface area (Å²) in [5, 5.41) is 6.77. The van der Waals surface area contributed by atoms with Gasteiger partial charge in [-0.2, -0.15) is 0 Å². The van der Waals surface area contributed by atoms with Gasteiger partial charge in [-0.3, -0.25) is 0 Å². The summed E-state index contributed by atoms with van der Waals surface area (Å²) in [4.78, 5) is 30.3. The molecule has 0 atom stereocenters. The fourth-order valence-electron chi connectivity index (χ4n) is 11.6. The first-order chi connectivity index (χ1) is 42.5. The van der Waals surface area contributed by atoms with Gasteiger partial charge < -0.3 is 4.57 Å². The number of aromatic nitrogens is 7. The molecule has 7 nitrogen and oxygen atoms in total. The number of benzene rings is 12. The summed E-state index contributed by atoms with van der Waals surface area (Å²) in [6.45, 7) is 0. The Hall–Kier alpha value is -11.1. The minimum atomic E-state index is 0.584. The Labute approximate surface area is 505 Å². The largest absolute Gasteiger partial charge is 0.309 e. The fourth-order valence-corrected chi connectivity index (χ4v) is 12.0. The van der Waals surface area contributed by atoms with Crippen molar-refractivity contribution in [2.75, 3.05) is 0 Å². The van der Waals surface area contributed by atoms with Crippen LogP contribution in [0.1, 0.15) is 0 Å². The van der Waals surface area contributed by atoms with Crippen LogP contribution in [0.4, 0.5) is 0 Å². The van der Waals surface area contributed by atoms with Crippen molar-refractivity contribution in [1.82, 2.24) is 34.5 Å². The average Bonchev–Trinajstić information content (AvgIpc) is 1.75. The molecule has 15 aromatic rings. The van der Waals surface area contributed by atoms with Crippen LogP contribution in [0.25, 0.3) is 151 Å². The Kier molecular flexibility index (Phi) is 13.6. The molecule has 0 saturated heterocycles. The van der Waals surface area contributed by atoms with Crippen molar-refractivity contribution in [2.45, 2.75) is 0 Å².